The monoisotopic (exact) mass is 289 g/mol. The van der Waals surface area contributed by atoms with Gasteiger partial charge in [0, 0.05) is 31.5 Å². The Hall–Kier alpha value is -1.89. The number of hydrogen-bond acceptors (Lipinski definition) is 4. The fraction of sp³-hybridized carbons (Fsp3) is 0.615. The fourth-order valence-corrected chi connectivity index (χ4v) is 1.83. The highest BCUT2D eigenvalue weighted by molar-refractivity contribution is 5.69. The van der Waals surface area contributed by atoms with Crippen LogP contribution < -0.4 is 11.2 Å². The molecule has 0 aliphatic carbocycles. The van der Waals surface area contributed by atoms with Crippen LogP contribution in [-0.2, 0) is 20.5 Å². The molecule has 2 aromatic heterocycles. The molecule has 0 aromatic carbocycles. The Labute approximate surface area is 128 Å². The van der Waals surface area contributed by atoms with Crippen LogP contribution in [0.5, 0.6) is 0 Å². The number of aliphatic hydroxyl groups is 1. The SMILES string of the molecule is [2H]C([2H])([2H])n1cnc2c1c(=O)n(CCCC([2H])([2H])[C@]([2H])(C)O)c(=O)n2C([2H])([2H])[2H]. The van der Waals surface area contributed by atoms with Gasteiger partial charge in [0.2, 0.25) is 0 Å². The van der Waals surface area contributed by atoms with E-state index in [0.717, 1.165) is 13.3 Å². The minimum atomic E-state index is -3.06. The van der Waals surface area contributed by atoms with Gasteiger partial charge in [-0.15, -0.1) is 0 Å². The van der Waals surface area contributed by atoms with Crippen LogP contribution in [0.25, 0.3) is 11.2 Å². The van der Waals surface area contributed by atoms with Crippen molar-refractivity contribution in [2.24, 2.45) is 14.0 Å². The van der Waals surface area contributed by atoms with Crippen LogP contribution in [0, 0.1) is 0 Å². The van der Waals surface area contributed by atoms with Crippen molar-refractivity contribution in [3.8, 4) is 0 Å². The van der Waals surface area contributed by atoms with E-state index in [2.05, 4.69) is 4.98 Å². The van der Waals surface area contributed by atoms with Crippen molar-refractivity contribution in [2.75, 3.05) is 0 Å². The molecule has 7 heteroatoms. The van der Waals surface area contributed by atoms with Crippen molar-refractivity contribution >= 4 is 11.2 Å². The van der Waals surface area contributed by atoms with Gasteiger partial charge in [-0.05, 0) is 26.1 Å². The molecular formula is C13H20N4O3. The largest absolute Gasteiger partial charge is 0.393 e. The second-order valence-corrected chi connectivity index (χ2v) is 4.23. The van der Waals surface area contributed by atoms with Crippen LogP contribution in [0.1, 0.15) is 38.5 Å². The van der Waals surface area contributed by atoms with E-state index in [0.29, 0.717) is 9.13 Å². The average Bonchev–Trinajstić information content (AvgIpc) is 2.92. The second kappa shape index (κ2) is 5.62. The van der Waals surface area contributed by atoms with E-state index in [1.54, 1.807) is 0 Å². The summed E-state index contributed by atoms with van der Waals surface area (Å²) in [5.74, 6) is 0. The zero-order valence-electron chi connectivity index (χ0n) is 19.8. The number of imidazole rings is 1. The zero-order chi connectivity index (χ0) is 22.6. The molecule has 2 aromatic rings. The zero-order valence-corrected chi connectivity index (χ0v) is 10.8. The molecule has 0 saturated carbocycles. The van der Waals surface area contributed by atoms with Crippen LogP contribution in [0.3, 0.4) is 0 Å². The van der Waals surface area contributed by atoms with Gasteiger partial charge >= 0.3 is 5.69 Å². The number of aryl methyl sites for hydroxylation is 2. The summed E-state index contributed by atoms with van der Waals surface area (Å²) in [4.78, 5) is 29.1. The molecule has 0 fully saturated rings. The minimum Gasteiger partial charge on any atom is -0.393 e. The van der Waals surface area contributed by atoms with E-state index in [1.807, 2.05) is 0 Å². The summed E-state index contributed by atoms with van der Waals surface area (Å²) in [6.45, 7) is -5.42. The molecule has 0 unspecified atom stereocenters. The molecular weight excluding hydrogens is 260 g/mol. The van der Waals surface area contributed by atoms with Gasteiger partial charge < -0.3 is 9.67 Å². The number of fused-ring (bicyclic) bond motifs is 1. The summed E-state index contributed by atoms with van der Waals surface area (Å²) in [5, 5.41) is 9.55. The third-order valence-electron chi connectivity index (χ3n) is 2.77. The smallest absolute Gasteiger partial charge is 0.332 e. The van der Waals surface area contributed by atoms with E-state index in [9.17, 15) is 14.7 Å². The Balaban J connectivity index is 2.64. The molecule has 0 radical (unpaired) electrons. The summed E-state index contributed by atoms with van der Waals surface area (Å²) in [6.07, 6.45) is -4.67. The summed E-state index contributed by atoms with van der Waals surface area (Å²) < 4.78 is 69.2. The number of rotatable bonds is 5. The molecule has 7 nitrogen and oxygen atoms in total. The maximum atomic E-state index is 12.8. The lowest BCUT2D eigenvalue weighted by molar-refractivity contribution is 0.180. The minimum absolute atomic E-state index is 0.203. The Morgan fingerprint density at radius 2 is 2.30 bits per heavy atom. The van der Waals surface area contributed by atoms with Crippen LogP contribution in [0.4, 0.5) is 0 Å². The Kier molecular flexibility index (Phi) is 1.89. The molecule has 20 heavy (non-hydrogen) atoms. The lowest BCUT2D eigenvalue weighted by Gasteiger charge is -2.09. The van der Waals surface area contributed by atoms with Crippen molar-refractivity contribution in [1.29, 1.82) is 0 Å². The highest BCUT2D eigenvalue weighted by atomic mass is 16.3. The first-order chi connectivity index (χ1) is 12.9. The predicted molar refractivity (Wildman–Crippen MR) is 75.7 cm³/mol. The van der Waals surface area contributed by atoms with E-state index in [-0.39, 0.29) is 11.0 Å². The lowest BCUT2D eigenvalue weighted by Crippen LogP contribution is -2.39. The van der Waals surface area contributed by atoms with Gasteiger partial charge in [0.25, 0.3) is 5.56 Å². The quantitative estimate of drug-likeness (QED) is 0.839. The maximum Gasteiger partial charge on any atom is 0.332 e. The molecule has 0 aliphatic rings. The van der Waals surface area contributed by atoms with Gasteiger partial charge in [0.15, 0.2) is 11.2 Å². The van der Waals surface area contributed by atoms with Crippen molar-refractivity contribution < 1.29 is 17.4 Å². The van der Waals surface area contributed by atoms with Gasteiger partial charge in [0.05, 0.1) is 13.8 Å². The average molecular weight is 289 g/mol. The summed E-state index contributed by atoms with van der Waals surface area (Å²) >= 11 is 0. The van der Waals surface area contributed by atoms with Crippen LogP contribution in [0.2, 0.25) is 0 Å². The summed E-state index contributed by atoms with van der Waals surface area (Å²) in [7, 11) is 0. The first-order valence-corrected chi connectivity index (χ1v) is 5.86. The van der Waals surface area contributed by atoms with Gasteiger partial charge in [-0.3, -0.25) is 13.9 Å². The molecule has 0 saturated heterocycles. The standard InChI is InChI=1S/C13H20N4O3/c1-9(18)6-4-5-7-17-12(19)10-11(14-8-15(10)2)16(3)13(17)20/h8-9,18H,4-7H2,1-3H3/t9-/m0/s1/i2D3,3D3,6D2,9D. The van der Waals surface area contributed by atoms with E-state index in [4.69, 9.17) is 12.3 Å². The topological polar surface area (TPSA) is 82.1 Å². The first-order valence-electron chi connectivity index (χ1n) is 10.4. The molecule has 1 atom stereocenters. The maximum absolute atomic E-state index is 12.8. The van der Waals surface area contributed by atoms with Crippen molar-refractivity contribution in [3.05, 3.63) is 27.2 Å². The van der Waals surface area contributed by atoms with Crippen molar-refractivity contribution in [3.63, 3.8) is 0 Å². The molecule has 0 amide bonds. The number of aromatic nitrogens is 4. The van der Waals surface area contributed by atoms with Crippen molar-refractivity contribution in [2.45, 2.75) is 38.8 Å². The number of nitrogens with zero attached hydrogens (tertiary/aromatic N) is 4. The Bertz CT molecular complexity index is 1020. The Morgan fingerprint density at radius 1 is 1.50 bits per heavy atom. The molecule has 2 rings (SSSR count). The van der Waals surface area contributed by atoms with E-state index >= 15 is 0 Å². The molecule has 1 N–H and O–H groups in total. The van der Waals surface area contributed by atoms with Crippen LogP contribution in [-0.4, -0.2) is 29.9 Å². The predicted octanol–water partition coefficient (Wildman–Crippen LogP) is -0.0152. The molecule has 0 aliphatic heterocycles. The lowest BCUT2D eigenvalue weighted by atomic mass is 10.2. The molecule has 110 valence electrons. The van der Waals surface area contributed by atoms with Crippen LogP contribution >= 0.6 is 0 Å². The Morgan fingerprint density at radius 3 is 2.95 bits per heavy atom. The van der Waals surface area contributed by atoms with Gasteiger partial charge in [-0.25, -0.2) is 9.78 Å². The second-order valence-electron chi connectivity index (χ2n) is 4.23. The fourth-order valence-electron chi connectivity index (χ4n) is 1.83. The van der Waals surface area contributed by atoms with E-state index in [1.165, 1.54) is 0 Å². The van der Waals surface area contributed by atoms with Gasteiger partial charge in [0.1, 0.15) is 0 Å². The highest BCUT2D eigenvalue weighted by Gasteiger charge is 2.14. The molecule has 0 spiro atoms. The third-order valence-corrected chi connectivity index (χ3v) is 2.77. The highest BCUT2D eigenvalue weighted by Crippen LogP contribution is 2.04. The third kappa shape index (κ3) is 2.53. The van der Waals surface area contributed by atoms with Crippen molar-refractivity contribution in [1.82, 2.24) is 18.7 Å². The van der Waals surface area contributed by atoms with Gasteiger partial charge in [-0.1, -0.05) is 0 Å². The summed E-state index contributed by atoms with van der Waals surface area (Å²) in [6, 6.07) is 0. The molecule has 0 bridgehead atoms. The first kappa shape index (κ1) is 6.71. The van der Waals surface area contributed by atoms with E-state index < -0.39 is 61.8 Å². The van der Waals surface area contributed by atoms with Gasteiger partial charge in [-0.2, -0.15) is 0 Å². The molecule has 2 heterocycles. The van der Waals surface area contributed by atoms with Crippen LogP contribution in [0.15, 0.2) is 15.9 Å². The summed E-state index contributed by atoms with van der Waals surface area (Å²) in [5.41, 5.74) is -3.54. The number of hydrogen-bond donors (Lipinski definition) is 1. The normalized spacial score (nSPS) is 23.2.